The summed E-state index contributed by atoms with van der Waals surface area (Å²) in [5.74, 6) is -0.0248. The SMILES string of the molecule is Cc1ccccc1CN1CCN(C(=O)c2cc(Cn3ccc(C(F)(F)F)n3)cs2)CC1. The summed E-state index contributed by atoms with van der Waals surface area (Å²) in [6.07, 6.45) is -3.15. The number of amides is 1. The van der Waals surface area contributed by atoms with Crippen molar-refractivity contribution in [2.75, 3.05) is 26.2 Å². The van der Waals surface area contributed by atoms with E-state index in [-0.39, 0.29) is 12.5 Å². The molecule has 31 heavy (non-hydrogen) atoms. The summed E-state index contributed by atoms with van der Waals surface area (Å²) >= 11 is 1.32. The number of rotatable bonds is 5. The van der Waals surface area contributed by atoms with Crippen molar-refractivity contribution in [3.05, 3.63) is 75.2 Å². The second kappa shape index (κ2) is 8.84. The summed E-state index contributed by atoms with van der Waals surface area (Å²) in [5, 5.41) is 5.37. The Morgan fingerprint density at radius 3 is 2.52 bits per heavy atom. The van der Waals surface area contributed by atoms with Gasteiger partial charge >= 0.3 is 6.18 Å². The molecule has 4 rings (SSSR count). The Kier molecular flexibility index (Phi) is 6.15. The van der Waals surface area contributed by atoms with Crippen LogP contribution in [0.25, 0.3) is 0 Å². The van der Waals surface area contributed by atoms with Crippen molar-refractivity contribution in [3.63, 3.8) is 0 Å². The molecule has 1 amide bonds. The molecule has 0 saturated carbocycles. The lowest BCUT2D eigenvalue weighted by molar-refractivity contribution is -0.141. The molecule has 1 fully saturated rings. The van der Waals surface area contributed by atoms with E-state index in [0.29, 0.717) is 18.0 Å². The first kappa shape index (κ1) is 21.6. The molecular weight excluding hydrogens is 425 g/mol. The van der Waals surface area contributed by atoms with Crippen LogP contribution in [-0.4, -0.2) is 51.7 Å². The van der Waals surface area contributed by atoms with Gasteiger partial charge in [-0.1, -0.05) is 24.3 Å². The zero-order valence-corrected chi connectivity index (χ0v) is 17.9. The molecule has 0 bridgehead atoms. The average Bonchev–Trinajstić information content (AvgIpc) is 3.40. The molecular formula is C22H23F3N4OS. The van der Waals surface area contributed by atoms with Crippen LogP contribution in [0.4, 0.5) is 13.2 Å². The highest BCUT2D eigenvalue weighted by atomic mass is 32.1. The smallest absolute Gasteiger partial charge is 0.335 e. The third-order valence-corrected chi connectivity index (χ3v) is 6.42. The van der Waals surface area contributed by atoms with E-state index in [2.05, 4.69) is 29.1 Å². The molecule has 164 valence electrons. The number of aryl methyl sites for hydroxylation is 1. The minimum Gasteiger partial charge on any atom is -0.335 e. The van der Waals surface area contributed by atoms with Gasteiger partial charge in [0.15, 0.2) is 5.69 Å². The van der Waals surface area contributed by atoms with Gasteiger partial charge in [0.05, 0.1) is 11.4 Å². The van der Waals surface area contributed by atoms with Gasteiger partial charge in [-0.2, -0.15) is 18.3 Å². The van der Waals surface area contributed by atoms with Gasteiger partial charge in [-0.05, 0) is 41.1 Å². The molecule has 0 atom stereocenters. The molecule has 0 unspecified atom stereocenters. The molecule has 9 heteroatoms. The summed E-state index contributed by atoms with van der Waals surface area (Å²) in [5.41, 5.74) is 2.43. The van der Waals surface area contributed by atoms with Crippen molar-refractivity contribution in [2.45, 2.75) is 26.2 Å². The van der Waals surface area contributed by atoms with Crippen LogP contribution in [0.2, 0.25) is 0 Å². The summed E-state index contributed by atoms with van der Waals surface area (Å²) in [6.45, 7) is 6.12. The molecule has 5 nitrogen and oxygen atoms in total. The minimum absolute atomic E-state index is 0.0248. The van der Waals surface area contributed by atoms with Crippen LogP contribution in [-0.2, 0) is 19.3 Å². The van der Waals surface area contributed by atoms with E-state index >= 15 is 0 Å². The Hall–Kier alpha value is -2.65. The fourth-order valence-electron chi connectivity index (χ4n) is 3.65. The Labute approximate surface area is 182 Å². The number of hydrogen-bond acceptors (Lipinski definition) is 4. The van der Waals surface area contributed by atoms with Crippen molar-refractivity contribution >= 4 is 17.2 Å². The van der Waals surface area contributed by atoms with Gasteiger partial charge in [-0.3, -0.25) is 14.4 Å². The maximum Gasteiger partial charge on any atom is 0.435 e. The van der Waals surface area contributed by atoms with Gasteiger partial charge in [0.2, 0.25) is 0 Å². The van der Waals surface area contributed by atoms with Crippen LogP contribution >= 0.6 is 11.3 Å². The zero-order chi connectivity index (χ0) is 22.0. The molecule has 0 aliphatic carbocycles. The molecule has 3 heterocycles. The maximum absolute atomic E-state index is 12.9. The van der Waals surface area contributed by atoms with Gasteiger partial charge in [0, 0.05) is 38.9 Å². The van der Waals surface area contributed by atoms with E-state index in [9.17, 15) is 18.0 Å². The lowest BCUT2D eigenvalue weighted by Gasteiger charge is -2.34. The summed E-state index contributed by atoms with van der Waals surface area (Å²) in [7, 11) is 0. The highest BCUT2D eigenvalue weighted by molar-refractivity contribution is 7.12. The third-order valence-electron chi connectivity index (χ3n) is 5.45. The van der Waals surface area contributed by atoms with Crippen molar-refractivity contribution in [1.29, 1.82) is 0 Å². The van der Waals surface area contributed by atoms with E-state index < -0.39 is 11.9 Å². The summed E-state index contributed by atoms with van der Waals surface area (Å²) in [4.78, 5) is 17.7. The largest absolute Gasteiger partial charge is 0.435 e. The molecule has 2 aromatic heterocycles. The van der Waals surface area contributed by atoms with Crippen molar-refractivity contribution in [2.24, 2.45) is 0 Å². The number of alkyl halides is 3. The lowest BCUT2D eigenvalue weighted by atomic mass is 10.1. The molecule has 1 aromatic carbocycles. The number of aromatic nitrogens is 2. The van der Waals surface area contributed by atoms with Gasteiger partial charge in [0.1, 0.15) is 0 Å². The molecule has 0 spiro atoms. The van der Waals surface area contributed by atoms with Crippen LogP contribution in [0.3, 0.4) is 0 Å². The predicted octanol–water partition coefficient (Wildman–Crippen LogP) is 4.28. The van der Waals surface area contributed by atoms with Crippen LogP contribution in [0.5, 0.6) is 0 Å². The Balaban J connectivity index is 1.32. The van der Waals surface area contributed by atoms with Crippen LogP contribution in [0, 0.1) is 6.92 Å². The highest BCUT2D eigenvalue weighted by Crippen LogP contribution is 2.27. The minimum atomic E-state index is -4.46. The van der Waals surface area contributed by atoms with E-state index in [4.69, 9.17) is 0 Å². The van der Waals surface area contributed by atoms with E-state index in [0.717, 1.165) is 31.3 Å². The second-order valence-electron chi connectivity index (χ2n) is 7.71. The fourth-order valence-corrected chi connectivity index (χ4v) is 4.52. The lowest BCUT2D eigenvalue weighted by Crippen LogP contribution is -2.48. The Morgan fingerprint density at radius 1 is 1.10 bits per heavy atom. The van der Waals surface area contributed by atoms with Crippen LogP contribution in [0.15, 0.2) is 48.0 Å². The summed E-state index contributed by atoms with van der Waals surface area (Å²) < 4.78 is 39.3. The predicted molar refractivity (Wildman–Crippen MR) is 113 cm³/mol. The van der Waals surface area contributed by atoms with E-state index in [1.165, 1.54) is 33.3 Å². The number of nitrogens with zero attached hydrogens (tertiary/aromatic N) is 4. The topological polar surface area (TPSA) is 41.4 Å². The Morgan fingerprint density at radius 2 is 1.84 bits per heavy atom. The molecule has 3 aromatic rings. The normalized spacial score (nSPS) is 15.4. The van der Waals surface area contributed by atoms with Crippen molar-refractivity contribution < 1.29 is 18.0 Å². The fraction of sp³-hybridized carbons (Fsp3) is 0.364. The maximum atomic E-state index is 12.9. The highest BCUT2D eigenvalue weighted by Gasteiger charge is 2.33. The Bertz CT molecular complexity index is 1050. The van der Waals surface area contributed by atoms with Crippen molar-refractivity contribution in [1.82, 2.24) is 19.6 Å². The number of benzene rings is 1. The van der Waals surface area contributed by atoms with Crippen molar-refractivity contribution in [3.8, 4) is 0 Å². The standard InChI is InChI=1S/C22H23F3N4OS/c1-16-4-2-3-5-18(16)14-27-8-10-28(11-9-27)21(30)19-12-17(15-31-19)13-29-7-6-20(26-29)22(23,24)25/h2-7,12,15H,8-11,13-14H2,1H3. The molecule has 0 N–H and O–H groups in total. The second-order valence-corrected chi connectivity index (χ2v) is 8.62. The first-order chi connectivity index (χ1) is 14.8. The zero-order valence-electron chi connectivity index (χ0n) is 17.1. The molecule has 1 aliphatic rings. The number of carbonyl (C=O) groups is 1. The van der Waals surface area contributed by atoms with Gasteiger partial charge in [-0.15, -0.1) is 11.3 Å². The van der Waals surface area contributed by atoms with Gasteiger partial charge in [0.25, 0.3) is 5.91 Å². The number of thiophene rings is 1. The van der Waals surface area contributed by atoms with E-state index in [1.54, 1.807) is 11.4 Å². The number of halogens is 3. The number of hydrogen-bond donors (Lipinski definition) is 0. The molecule has 1 saturated heterocycles. The quantitative estimate of drug-likeness (QED) is 0.585. The van der Waals surface area contributed by atoms with Gasteiger partial charge in [-0.25, -0.2) is 0 Å². The third kappa shape index (κ3) is 5.16. The van der Waals surface area contributed by atoms with E-state index in [1.807, 2.05) is 17.0 Å². The summed E-state index contributed by atoms with van der Waals surface area (Å²) in [6, 6.07) is 11.0. The van der Waals surface area contributed by atoms with Crippen LogP contribution < -0.4 is 0 Å². The monoisotopic (exact) mass is 448 g/mol. The average molecular weight is 449 g/mol. The molecule has 1 aliphatic heterocycles. The number of piperazine rings is 1. The van der Waals surface area contributed by atoms with Crippen LogP contribution in [0.1, 0.15) is 32.1 Å². The number of carbonyl (C=O) groups excluding carboxylic acids is 1. The first-order valence-corrected chi connectivity index (χ1v) is 10.9. The molecule has 0 radical (unpaired) electrons. The van der Waals surface area contributed by atoms with Gasteiger partial charge < -0.3 is 4.90 Å². The first-order valence-electron chi connectivity index (χ1n) is 10.0.